The molecule has 1 aliphatic rings. The van der Waals surface area contributed by atoms with Crippen LogP contribution in [0.1, 0.15) is 42.8 Å². The Morgan fingerprint density at radius 3 is 3.05 bits per heavy atom. The molecular formula is C16H26N2O3. The minimum absolute atomic E-state index is 0.295. The number of rotatable bonds is 7. The third-order valence-corrected chi connectivity index (χ3v) is 3.97. The van der Waals surface area contributed by atoms with E-state index in [-0.39, 0.29) is 5.97 Å². The van der Waals surface area contributed by atoms with Gasteiger partial charge >= 0.3 is 5.97 Å². The van der Waals surface area contributed by atoms with E-state index in [1.54, 1.807) is 12.3 Å². The first-order valence-electron chi connectivity index (χ1n) is 7.91. The first-order chi connectivity index (χ1) is 10.2. The number of esters is 1. The van der Waals surface area contributed by atoms with E-state index in [2.05, 4.69) is 17.1 Å². The van der Waals surface area contributed by atoms with Gasteiger partial charge in [-0.25, -0.2) is 4.79 Å². The monoisotopic (exact) mass is 294 g/mol. The van der Waals surface area contributed by atoms with E-state index >= 15 is 0 Å². The maximum Gasteiger partial charge on any atom is 0.341 e. The van der Waals surface area contributed by atoms with Crippen molar-refractivity contribution in [3.8, 4) is 0 Å². The van der Waals surface area contributed by atoms with Crippen molar-refractivity contribution in [2.45, 2.75) is 33.2 Å². The average molecular weight is 294 g/mol. The Morgan fingerprint density at radius 2 is 2.38 bits per heavy atom. The van der Waals surface area contributed by atoms with Gasteiger partial charge in [0.1, 0.15) is 11.3 Å². The van der Waals surface area contributed by atoms with Crippen LogP contribution in [-0.4, -0.2) is 43.7 Å². The molecule has 1 saturated heterocycles. The molecule has 1 unspecified atom stereocenters. The van der Waals surface area contributed by atoms with Gasteiger partial charge in [0.15, 0.2) is 0 Å². The third-order valence-electron chi connectivity index (χ3n) is 3.97. The summed E-state index contributed by atoms with van der Waals surface area (Å²) >= 11 is 0. The van der Waals surface area contributed by atoms with Crippen molar-refractivity contribution in [1.82, 2.24) is 10.2 Å². The highest BCUT2D eigenvalue weighted by Crippen LogP contribution is 2.17. The van der Waals surface area contributed by atoms with Gasteiger partial charge in [0.25, 0.3) is 0 Å². The molecule has 5 heteroatoms. The fourth-order valence-electron chi connectivity index (χ4n) is 2.81. The number of piperidine rings is 1. The van der Waals surface area contributed by atoms with E-state index in [1.807, 2.05) is 6.92 Å². The fraction of sp³-hybridized carbons (Fsp3) is 0.688. The average Bonchev–Trinajstić information content (AvgIpc) is 2.96. The van der Waals surface area contributed by atoms with Crippen molar-refractivity contribution >= 4 is 5.97 Å². The molecule has 0 bridgehead atoms. The largest absolute Gasteiger partial charge is 0.467 e. The van der Waals surface area contributed by atoms with Crippen molar-refractivity contribution in [2.75, 3.05) is 32.8 Å². The number of carbonyl (C=O) groups excluding carboxylic acids is 1. The second-order valence-electron chi connectivity index (χ2n) is 5.52. The molecule has 1 N–H and O–H groups in total. The van der Waals surface area contributed by atoms with Crippen LogP contribution >= 0.6 is 0 Å². The van der Waals surface area contributed by atoms with Crippen LogP contribution in [0, 0.1) is 5.92 Å². The molecule has 2 rings (SSSR count). The van der Waals surface area contributed by atoms with Gasteiger partial charge < -0.3 is 14.5 Å². The molecule has 2 heterocycles. The number of carbonyl (C=O) groups is 1. The standard InChI is InChI=1S/C16H26N2O3/c1-3-18(11-13-6-5-8-17-10-13)12-15-14(7-9-21-15)16(19)20-4-2/h7,9,13,17H,3-6,8,10-12H2,1-2H3. The first kappa shape index (κ1) is 16.0. The van der Waals surface area contributed by atoms with E-state index in [0.717, 1.165) is 26.2 Å². The first-order valence-corrected chi connectivity index (χ1v) is 7.91. The summed E-state index contributed by atoms with van der Waals surface area (Å²) in [5.74, 6) is 1.09. The van der Waals surface area contributed by atoms with Crippen LogP contribution in [0.2, 0.25) is 0 Å². The highest BCUT2D eigenvalue weighted by atomic mass is 16.5. The number of ether oxygens (including phenoxy) is 1. The zero-order valence-electron chi connectivity index (χ0n) is 13.1. The minimum Gasteiger partial charge on any atom is -0.467 e. The van der Waals surface area contributed by atoms with Crippen LogP contribution in [0.25, 0.3) is 0 Å². The van der Waals surface area contributed by atoms with Crippen molar-refractivity contribution in [3.63, 3.8) is 0 Å². The van der Waals surface area contributed by atoms with Crippen LogP contribution in [0.4, 0.5) is 0 Å². The van der Waals surface area contributed by atoms with E-state index in [0.29, 0.717) is 30.4 Å². The maximum absolute atomic E-state index is 11.9. The highest BCUT2D eigenvalue weighted by Gasteiger charge is 2.20. The second kappa shape index (κ2) is 8.20. The molecule has 1 aromatic rings. The van der Waals surface area contributed by atoms with Gasteiger partial charge in [-0.15, -0.1) is 0 Å². The van der Waals surface area contributed by atoms with Gasteiger partial charge in [0.2, 0.25) is 0 Å². The summed E-state index contributed by atoms with van der Waals surface area (Å²) in [6, 6.07) is 1.70. The molecule has 0 spiro atoms. The Bertz CT molecular complexity index is 438. The lowest BCUT2D eigenvalue weighted by atomic mass is 9.99. The van der Waals surface area contributed by atoms with Crippen LogP contribution < -0.4 is 5.32 Å². The Morgan fingerprint density at radius 1 is 1.52 bits per heavy atom. The van der Waals surface area contributed by atoms with Crippen molar-refractivity contribution in [3.05, 3.63) is 23.7 Å². The number of furan rings is 1. The highest BCUT2D eigenvalue weighted by molar-refractivity contribution is 5.90. The third kappa shape index (κ3) is 4.58. The number of nitrogens with zero attached hydrogens (tertiary/aromatic N) is 1. The lowest BCUT2D eigenvalue weighted by Crippen LogP contribution is -2.38. The molecule has 118 valence electrons. The van der Waals surface area contributed by atoms with Crippen LogP contribution in [0.3, 0.4) is 0 Å². The number of nitrogens with one attached hydrogen (secondary N) is 1. The predicted molar refractivity (Wildman–Crippen MR) is 81.2 cm³/mol. The summed E-state index contributed by atoms with van der Waals surface area (Å²) in [6.45, 7) is 9.19. The molecule has 0 amide bonds. The summed E-state index contributed by atoms with van der Waals surface area (Å²) in [7, 11) is 0. The SMILES string of the molecule is CCOC(=O)c1ccoc1CN(CC)CC1CCCNC1. The lowest BCUT2D eigenvalue weighted by Gasteiger charge is -2.29. The molecule has 5 nitrogen and oxygen atoms in total. The molecule has 1 aromatic heterocycles. The van der Waals surface area contributed by atoms with E-state index in [1.165, 1.54) is 12.8 Å². The Hall–Kier alpha value is -1.33. The van der Waals surface area contributed by atoms with Gasteiger partial charge in [-0.1, -0.05) is 6.92 Å². The quantitative estimate of drug-likeness (QED) is 0.782. The topological polar surface area (TPSA) is 54.7 Å². The van der Waals surface area contributed by atoms with Gasteiger partial charge in [0, 0.05) is 6.54 Å². The van der Waals surface area contributed by atoms with Crippen molar-refractivity contribution in [2.24, 2.45) is 5.92 Å². The minimum atomic E-state index is -0.295. The molecule has 1 aliphatic heterocycles. The molecular weight excluding hydrogens is 268 g/mol. The summed E-state index contributed by atoms with van der Waals surface area (Å²) in [6.07, 6.45) is 4.08. The Labute approximate surface area is 126 Å². The van der Waals surface area contributed by atoms with Gasteiger partial charge in [-0.3, -0.25) is 4.90 Å². The van der Waals surface area contributed by atoms with E-state index < -0.39 is 0 Å². The normalized spacial score (nSPS) is 18.9. The number of hydrogen-bond acceptors (Lipinski definition) is 5. The summed E-state index contributed by atoms with van der Waals surface area (Å²) in [5.41, 5.74) is 0.553. The molecule has 21 heavy (non-hydrogen) atoms. The zero-order chi connectivity index (χ0) is 15.1. The van der Waals surface area contributed by atoms with Crippen molar-refractivity contribution in [1.29, 1.82) is 0 Å². The van der Waals surface area contributed by atoms with E-state index in [4.69, 9.17) is 9.15 Å². The molecule has 0 aliphatic carbocycles. The van der Waals surface area contributed by atoms with Gasteiger partial charge in [-0.2, -0.15) is 0 Å². The summed E-state index contributed by atoms with van der Waals surface area (Å²) in [5, 5.41) is 3.45. The second-order valence-corrected chi connectivity index (χ2v) is 5.52. The maximum atomic E-state index is 11.9. The molecule has 0 radical (unpaired) electrons. The van der Waals surface area contributed by atoms with E-state index in [9.17, 15) is 4.79 Å². The molecule has 0 aromatic carbocycles. The van der Waals surface area contributed by atoms with Crippen LogP contribution in [-0.2, 0) is 11.3 Å². The molecule has 1 fully saturated rings. The summed E-state index contributed by atoms with van der Waals surface area (Å²) in [4.78, 5) is 14.2. The lowest BCUT2D eigenvalue weighted by molar-refractivity contribution is 0.0521. The molecule has 0 saturated carbocycles. The molecule has 1 atom stereocenters. The van der Waals surface area contributed by atoms with Gasteiger partial charge in [0.05, 0.1) is 19.4 Å². The van der Waals surface area contributed by atoms with Crippen LogP contribution in [0.15, 0.2) is 16.7 Å². The van der Waals surface area contributed by atoms with Crippen LogP contribution in [0.5, 0.6) is 0 Å². The predicted octanol–water partition coefficient (Wildman–Crippen LogP) is 2.28. The van der Waals surface area contributed by atoms with Crippen molar-refractivity contribution < 1.29 is 13.9 Å². The summed E-state index contributed by atoms with van der Waals surface area (Å²) < 4.78 is 10.6. The number of hydrogen-bond donors (Lipinski definition) is 1. The fourth-order valence-corrected chi connectivity index (χ4v) is 2.81. The smallest absolute Gasteiger partial charge is 0.341 e. The Balaban J connectivity index is 1.94. The Kier molecular flexibility index (Phi) is 6.26. The van der Waals surface area contributed by atoms with Gasteiger partial charge in [-0.05, 0) is 51.4 Å². The zero-order valence-corrected chi connectivity index (χ0v) is 13.1.